The van der Waals surface area contributed by atoms with Crippen LogP contribution in [0.3, 0.4) is 0 Å². The lowest BCUT2D eigenvalue weighted by atomic mass is 9.85. The fourth-order valence-electron chi connectivity index (χ4n) is 2.23. The second-order valence-electron chi connectivity index (χ2n) is 5.94. The van der Waals surface area contributed by atoms with E-state index in [1.54, 1.807) is 0 Å². The molecule has 0 unspecified atom stereocenters. The molecule has 1 aromatic rings. The molecule has 90 valence electrons. The molecule has 0 atom stereocenters. The van der Waals surface area contributed by atoms with Gasteiger partial charge < -0.3 is 5.73 Å². The van der Waals surface area contributed by atoms with Gasteiger partial charge in [0.25, 0.3) is 0 Å². The number of nitrogens with two attached hydrogens (primary N) is 1. The molecule has 0 bridgehead atoms. The minimum absolute atomic E-state index is 0.188. The Bertz CT molecular complexity index is 343. The summed E-state index contributed by atoms with van der Waals surface area (Å²) in [6.45, 7) is 6.69. The first-order valence-electron chi connectivity index (χ1n) is 6.18. The predicted molar refractivity (Wildman–Crippen MR) is 70.0 cm³/mol. The first kappa shape index (κ1) is 12.1. The zero-order chi connectivity index (χ0) is 11.8. The molecule has 2 N–H and O–H groups in total. The van der Waals surface area contributed by atoms with E-state index >= 15 is 0 Å². The lowest BCUT2D eigenvalue weighted by Crippen LogP contribution is -2.25. The van der Waals surface area contributed by atoms with Crippen LogP contribution in [0.2, 0.25) is 0 Å². The van der Waals surface area contributed by atoms with E-state index < -0.39 is 0 Å². The number of hydrogen-bond donors (Lipinski definition) is 1. The SMILES string of the molecule is CC(C)(C)c1nc(C2CCC(N)CC2)cs1. The summed E-state index contributed by atoms with van der Waals surface area (Å²) in [6, 6.07) is 0.428. The van der Waals surface area contributed by atoms with E-state index in [1.165, 1.54) is 23.5 Å². The van der Waals surface area contributed by atoms with Gasteiger partial charge in [-0.2, -0.15) is 0 Å². The second-order valence-corrected chi connectivity index (χ2v) is 6.80. The summed E-state index contributed by atoms with van der Waals surface area (Å²) < 4.78 is 0. The normalized spacial score (nSPS) is 27.0. The van der Waals surface area contributed by atoms with E-state index in [-0.39, 0.29) is 5.41 Å². The van der Waals surface area contributed by atoms with Crippen molar-refractivity contribution in [2.75, 3.05) is 0 Å². The van der Waals surface area contributed by atoms with Gasteiger partial charge in [0, 0.05) is 22.8 Å². The molecule has 1 fully saturated rings. The minimum Gasteiger partial charge on any atom is -0.328 e. The van der Waals surface area contributed by atoms with Crippen LogP contribution in [0.1, 0.15) is 63.1 Å². The minimum atomic E-state index is 0.188. The van der Waals surface area contributed by atoms with Gasteiger partial charge in [-0.15, -0.1) is 11.3 Å². The molecular weight excluding hydrogens is 216 g/mol. The van der Waals surface area contributed by atoms with Crippen molar-refractivity contribution in [1.29, 1.82) is 0 Å². The maximum atomic E-state index is 5.93. The molecule has 1 aliphatic rings. The van der Waals surface area contributed by atoms with Crippen molar-refractivity contribution < 1.29 is 0 Å². The van der Waals surface area contributed by atoms with Crippen molar-refractivity contribution in [3.8, 4) is 0 Å². The van der Waals surface area contributed by atoms with Gasteiger partial charge in [-0.1, -0.05) is 20.8 Å². The van der Waals surface area contributed by atoms with Crippen LogP contribution in [0.15, 0.2) is 5.38 Å². The maximum absolute atomic E-state index is 5.93. The standard InChI is InChI=1S/C13H22N2S/c1-13(2,3)12-15-11(8-16-12)9-4-6-10(14)7-5-9/h8-10H,4-7,14H2,1-3H3. The van der Waals surface area contributed by atoms with Crippen LogP contribution in [0.25, 0.3) is 0 Å². The molecule has 0 spiro atoms. The summed E-state index contributed by atoms with van der Waals surface area (Å²) in [6.07, 6.45) is 4.75. The molecule has 0 aliphatic heterocycles. The third-order valence-corrected chi connectivity index (χ3v) is 4.64. The highest BCUT2D eigenvalue weighted by atomic mass is 32.1. The summed E-state index contributed by atoms with van der Waals surface area (Å²) in [5, 5.41) is 3.51. The molecule has 0 radical (unpaired) electrons. The Morgan fingerprint density at radius 2 is 1.88 bits per heavy atom. The summed E-state index contributed by atoms with van der Waals surface area (Å²) >= 11 is 1.81. The first-order valence-corrected chi connectivity index (χ1v) is 7.06. The van der Waals surface area contributed by atoms with E-state index in [4.69, 9.17) is 10.7 Å². The topological polar surface area (TPSA) is 38.9 Å². The average Bonchev–Trinajstić information content (AvgIpc) is 2.67. The van der Waals surface area contributed by atoms with Crippen LogP contribution in [0, 0.1) is 0 Å². The van der Waals surface area contributed by atoms with Gasteiger partial charge >= 0.3 is 0 Å². The summed E-state index contributed by atoms with van der Waals surface area (Å²) in [7, 11) is 0. The smallest absolute Gasteiger partial charge is 0.0981 e. The molecule has 0 amide bonds. The summed E-state index contributed by atoms with van der Waals surface area (Å²) in [5.74, 6) is 0.659. The monoisotopic (exact) mass is 238 g/mol. The van der Waals surface area contributed by atoms with Gasteiger partial charge in [-0.05, 0) is 25.7 Å². The number of aromatic nitrogens is 1. The predicted octanol–water partition coefficient (Wildman–Crippen LogP) is 3.43. The van der Waals surface area contributed by atoms with Crippen molar-refractivity contribution in [2.24, 2.45) is 5.73 Å². The van der Waals surface area contributed by atoms with E-state index in [1.807, 2.05) is 11.3 Å². The first-order chi connectivity index (χ1) is 7.47. The third kappa shape index (κ3) is 2.64. The van der Waals surface area contributed by atoms with Crippen molar-refractivity contribution in [2.45, 2.75) is 63.8 Å². The molecular formula is C13H22N2S. The van der Waals surface area contributed by atoms with E-state index in [0.717, 1.165) is 12.8 Å². The number of nitrogens with zero attached hydrogens (tertiary/aromatic N) is 1. The van der Waals surface area contributed by atoms with Crippen molar-refractivity contribution in [1.82, 2.24) is 4.98 Å². The van der Waals surface area contributed by atoms with Gasteiger partial charge in [-0.25, -0.2) is 4.98 Å². The molecule has 3 heteroatoms. The van der Waals surface area contributed by atoms with Gasteiger partial charge in [0.1, 0.15) is 0 Å². The molecule has 2 rings (SSSR count). The molecule has 16 heavy (non-hydrogen) atoms. The summed E-state index contributed by atoms with van der Waals surface area (Å²) in [5.41, 5.74) is 7.43. The Morgan fingerprint density at radius 3 is 2.38 bits per heavy atom. The van der Waals surface area contributed by atoms with E-state index in [0.29, 0.717) is 12.0 Å². The quantitative estimate of drug-likeness (QED) is 0.814. The van der Waals surface area contributed by atoms with E-state index in [9.17, 15) is 0 Å². The Balaban J connectivity index is 2.08. The van der Waals surface area contributed by atoms with Gasteiger partial charge in [0.2, 0.25) is 0 Å². The van der Waals surface area contributed by atoms with Crippen LogP contribution in [0.5, 0.6) is 0 Å². The van der Waals surface area contributed by atoms with Crippen molar-refractivity contribution in [3.63, 3.8) is 0 Å². The Morgan fingerprint density at radius 1 is 1.25 bits per heavy atom. The zero-order valence-electron chi connectivity index (χ0n) is 10.5. The Labute approximate surface area is 102 Å². The van der Waals surface area contributed by atoms with Crippen LogP contribution >= 0.6 is 11.3 Å². The average molecular weight is 238 g/mol. The molecule has 0 saturated heterocycles. The largest absolute Gasteiger partial charge is 0.328 e. The van der Waals surface area contributed by atoms with Crippen molar-refractivity contribution in [3.05, 3.63) is 16.1 Å². The highest BCUT2D eigenvalue weighted by Gasteiger charge is 2.24. The Kier molecular flexibility index (Phi) is 3.36. The number of rotatable bonds is 1. The molecule has 2 nitrogen and oxygen atoms in total. The number of thiazole rings is 1. The lowest BCUT2D eigenvalue weighted by Gasteiger charge is -2.24. The number of hydrogen-bond acceptors (Lipinski definition) is 3. The van der Waals surface area contributed by atoms with Crippen LogP contribution in [0.4, 0.5) is 0 Å². The molecule has 1 heterocycles. The fraction of sp³-hybridized carbons (Fsp3) is 0.769. The van der Waals surface area contributed by atoms with Crippen LogP contribution in [-0.2, 0) is 5.41 Å². The van der Waals surface area contributed by atoms with Gasteiger partial charge in [-0.3, -0.25) is 0 Å². The van der Waals surface area contributed by atoms with Gasteiger partial charge in [0.15, 0.2) is 0 Å². The van der Waals surface area contributed by atoms with Gasteiger partial charge in [0.05, 0.1) is 10.7 Å². The molecule has 1 aliphatic carbocycles. The maximum Gasteiger partial charge on any atom is 0.0981 e. The van der Waals surface area contributed by atoms with Crippen LogP contribution < -0.4 is 5.73 Å². The van der Waals surface area contributed by atoms with Crippen LogP contribution in [-0.4, -0.2) is 11.0 Å². The zero-order valence-corrected chi connectivity index (χ0v) is 11.3. The molecule has 1 saturated carbocycles. The highest BCUT2D eigenvalue weighted by Crippen LogP contribution is 2.35. The second kappa shape index (κ2) is 4.46. The van der Waals surface area contributed by atoms with Crippen molar-refractivity contribution >= 4 is 11.3 Å². The highest BCUT2D eigenvalue weighted by molar-refractivity contribution is 7.09. The van der Waals surface area contributed by atoms with E-state index in [2.05, 4.69) is 26.2 Å². The fourth-order valence-corrected chi connectivity index (χ4v) is 3.22. The third-order valence-electron chi connectivity index (χ3n) is 3.35. The molecule has 0 aromatic carbocycles. The summed E-state index contributed by atoms with van der Waals surface area (Å²) in [4.78, 5) is 4.81. The lowest BCUT2D eigenvalue weighted by molar-refractivity contribution is 0.390. The Hall–Kier alpha value is -0.410. The molecule has 1 aromatic heterocycles.